The fourth-order valence-electron chi connectivity index (χ4n) is 1.77. The van der Waals surface area contributed by atoms with Crippen LogP contribution in [0, 0.1) is 4.77 Å². The van der Waals surface area contributed by atoms with Crippen LogP contribution in [0.2, 0.25) is 0 Å². The number of carbonyl (C=O) groups is 1. The lowest BCUT2D eigenvalue weighted by Crippen LogP contribution is -2.41. The Kier molecular flexibility index (Phi) is 3.70. The molecular formula is C10H15N3OS2. The molecule has 0 spiro atoms. The molecule has 0 aromatic carbocycles. The molecule has 1 fully saturated rings. The molecule has 1 unspecified atom stereocenters. The molecule has 88 valence electrons. The monoisotopic (exact) mass is 257 g/mol. The lowest BCUT2D eigenvalue weighted by molar-refractivity contribution is 0.0755. The third-order valence-corrected chi connectivity index (χ3v) is 4.30. The normalized spacial score (nSPS) is 21.1. The maximum Gasteiger partial charge on any atom is 0.271 e. The zero-order valence-corrected chi connectivity index (χ0v) is 10.8. The SMILES string of the molecule is CCC1CN(C(=O)c2c[nH]c(=S)[nH]2)CCS1. The second kappa shape index (κ2) is 5.05. The van der Waals surface area contributed by atoms with Crippen molar-refractivity contribution in [3.63, 3.8) is 0 Å². The molecule has 0 saturated carbocycles. The van der Waals surface area contributed by atoms with Crippen molar-refractivity contribution in [2.24, 2.45) is 0 Å². The number of thioether (sulfide) groups is 1. The van der Waals surface area contributed by atoms with Gasteiger partial charge in [0.05, 0.1) is 0 Å². The van der Waals surface area contributed by atoms with Gasteiger partial charge in [-0.3, -0.25) is 4.79 Å². The van der Waals surface area contributed by atoms with Crippen molar-refractivity contribution < 1.29 is 4.79 Å². The van der Waals surface area contributed by atoms with E-state index in [0.29, 0.717) is 15.7 Å². The molecule has 2 heterocycles. The van der Waals surface area contributed by atoms with E-state index in [1.54, 1.807) is 6.20 Å². The molecule has 16 heavy (non-hydrogen) atoms. The van der Waals surface area contributed by atoms with E-state index in [2.05, 4.69) is 16.9 Å². The van der Waals surface area contributed by atoms with Gasteiger partial charge in [-0.25, -0.2) is 0 Å². The maximum absolute atomic E-state index is 12.1. The summed E-state index contributed by atoms with van der Waals surface area (Å²) in [5.41, 5.74) is 0.562. The number of aromatic nitrogens is 2. The number of carbonyl (C=O) groups excluding carboxylic acids is 1. The van der Waals surface area contributed by atoms with Crippen molar-refractivity contribution in [1.82, 2.24) is 14.9 Å². The average Bonchev–Trinajstić information content (AvgIpc) is 2.75. The molecule has 2 rings (SSSR count). The zero-order valence-electron chi connectivity index (χ0n) is 9.16. The van der Waals surface area contributed by atoms with Gasteiger partial charge < -0.3 is 14.9 Å². The van der Waals surface area contributed by atoms with E-state index < -0.39 is 0 Å². The molecule has 2 N–H and O–H groups in total. The van der Waals surface area contributed by atoms with E-state index in [-0.39, 0.29) is 5.91 Å². The molecule has 1 aliphatic rings. The number of H-pyrrole nitrogens is 2. The Morgan fingerprint density at radius 1 is 1.75 bits per heavy atom. The smallest absolute Gasteiger partial charge is 0.271 e. The third-order valence-electron chi connectivity index (χ3n) is 2.71. The summed E-state index contributed by atoms with van der Waals surface area (Å²) in [5.74, 6) is 1.07. The number of aromatic amines is 2. The summed E-state index contributed by atoms with van der Waals surface area (Å²) < 4.78 is 0.502. The van der Waals surface area contributed by atoms with Crippen molar-refractivity contribution in [3.05, 3.63) is 16.7 Å². The molecular weight excluding hydrogens is 242 g/mol. The van der Waals surface area contributed by atoms with Gasteiger partial charge in [0.1, 0.15) is 5.69 Å². The summed E-state index contributed by atoms with van der Waals surface area (Å²) in [6.45, 7) is 3.83. The molecule has 4 nitrogen and oxygen atoms in total. The fourth-order valence-corrected chi connectivity index (χ4v) is 3.12. The van der Waals surface area contributed by atoms with Gasteiger partial charge in [-0.05, 0) is 18.6 Å². The van der Waals surface area contributed by atoms with Crippen molar-refractivity contribution in [1.29, 1.82) is 0 Å². The van der Waals surface area contributed by atoms with Crippen LogP contribution < -0.4 is 0 Å². The first-order valence-electron chi connectivity index (χ1n) is 5.39. The van der Waals surface area contributed by atoms with Crippen LogP contribution in [0.25, 0.3) is 0 Å². The quantitative estimate of drug-likeness (QED) is 0.797. The molecule has 0 bridgehead atoms. The minimum atomic E-state index is 0.0473. The molecule has 1 aromatic rings. The fraction of sp³-hybridized carbons (Fsp3) is 0.600. The Balaban J connectivity index is 2.07. The topological polar surface area (TPSA) is 51.9 Å². The van der Waals surface area contributed by atoms with Gasteiger partial charge in [0, 0.05) is 30.3 Å². The Morgan fingerprint density at radius 3 is 3.19 bits per heavy atom. The Morgan fingerprint density at radius 2 is 2.56 bits per heavy atom. The summed E-state index contributed by atoms with van der Waals surface area (Å²) in [6.07, 6.45) is 2.75. The minimum absolute atomic E-state index is 0.0473. The largest absolute Gasteiger partial charge is 0.337 e. The standard InChI is InChI=1S/C10H15N3OS2/c1-2-7-6-13(3-4-16-7)9(14)8-5-11-10(15)12-8/h5,7H,2-4,6H2,1H3,(H2,11,12,15). The number of hydrogen-bond donors (Lipinski definition) is 2. The summed E-state index contributed by atoms with van der Waals surface area (Å²) in [6, 6.07) is 0. The Bertz CT molecular complexity index is 426. The van der Waals surface area contributed by atoms with E-state index in [1.165, 1.54) is 0 Å². The van der Waals surface area contributed by atoms with Crippen LogP contribution in [-0.4, -0.2) is 44.9 Å². The first-order valence-corrected chi connectivity index (χ1v) is 6.85. The van der Waals surface area contributed by atoms with E-state index in [9.17, 15) is 4.79 Å². The van der Waals surface area contributed by atoms with Crippen LogP contribution >= 0.6 is 24.0 Å². The molecule has 0 aliphatic carbocycles. The van der Waals surface area contributed by atoms with Crippen LogP contribution in [0.5, 0.6) is 0 Å². The second-order valence-corrected chi connectivity index (χ2v) is 5.63. The zero-order chi connectivity index (χ0) is 11.5. The van der Waals surface area contributed by atoms with Crippen LogP contribution in [0.4, 0.5) is 0 Å². The first-order chi connectivity index (χ1) is 7.70. The molecule has 1 aromatic heterocycles. The van der Waals surface area contributed by atoms with Crippen LogP contribution in [0.3, 0.4) is 0 Å². The van der Waals surface area contributed by atoms with Gasteiger partial charge >= 0.3 is 0 Å². The van der Waals surface area contributed by atoms with E-state index >= 15 is 0 Å². The van der Waals surface area contributed by atoms with Crippen molar-refractivity contribution in [3.8, 4) is 0 Å². The Labute approximate surface area is 104 Å². The van der Waals surface area contributed by atoms with Gasteiger partial charge in [-0.2, -0.15) is 11.8 Å². The molecule has 6 heteroatoms. The molecule has 1 atom stereocenters. The number of nitrogens with one attached hydrogen (secondary N) is 2. The highest BCUT2D eigenvalue weighted by Gasteiger charge is 2.24. The van der Waals surface area contributed by atoms with Gasteiger partial charge in [0.25, 0.3) is 5.91 Å². The van der Waals surface area contributed by atoms with Gasteiger partial charge in [0.15, 0.2) is 4.77 Å². The molecule has 1 amide bonds. The average molecular weight is 257 g/mol. The van der Waals surface area contributed by atoms with Crippen LogP contribution in [0.15, 0.2) is 6.20 Å². The van der Waals surface area contributed by atoms with Crippen molar-refractivity contribution in [2.45, 2.75) is 18.6 Å². The lowest BCUT2D eigenvalue weighted by atomic mass is 10.2. The van der Waals surface area contributed by atoms with Crippen LogP contribution in [-0.2, 0) is 0 Å². The molecule has 1 saturated heterocycles. The maximum atomic E-state index is 12.1. The van der Waals surface area contributed by atoms with Gasteiger partial charge in [0.2, 0.25) is 0 Å². The van der Waals surface area contributed by atoms with E-state index in [0.717, 1.165) is 25.3 Å². The van der Waals surface area contributed by atoms with Crippen LogP contribution in [0.1, 0.15) is 23.8 Å². The number of imidazole rings is 1. The minimum Gasteiger partial charge on any atom is -0.337 e. The number of hydrogen-bond acceptors (Lipinski definition) is 3. The summed E-state index contributed by atoms with van der Waals surface area (Å²) in [5, 5.41) is 0.569. The highest BCUT2D eigenvalue weighted by atomic mass is 32.2. The van der Waals surface area contributed by atoms with E-state index in [4.69, 9.17) is 12.2 Å². The predicted molar refractivity (Wildman–Crippen MR) is 68.4 cm³/mol. The Hall–Kier alpha value is -0.750. The summed E-state index contributed by atoms with van der Waals surface area (Å²) in [7, 11) is 0. The number of nitrogens with zero attached hydrogens (tertiary/aromatic N) is 1. The first kappa shape index (κ1) is 11.7. The van der Waals surface area contributed by atoms with Crippen molar-refractivity contribution >= 4 is 29.9 Å². The number of rotatable bonds is 2. The number of amides is 1. The highest BCUT2D eigenvalue weighted by Crippen LogP contribution is 2.21. The van der Waals surface area contributed by atoms with Gasteiger partial charge in [-0.1, -0.05) is 6.92 Å². The van der Waals surface area contributed by atoms with Crippen molar-refractivity contribution in [2.75, 3.05) is 18.8 Å². The summed E-state index contributed by atoms with van der Waals surface area (Å²) >= 11 is 6.87. The third kappa shape index (κ3) is 2.49. The predicted octanol–water partition coefficient (Wildman–Crippen LogP) is 2.04. The van der Waals surface area contributed by atoms with E-state index in [1.807, 2.05) is 16.7 Å². The summed E-state index contributed by atoms with van der Waals surface area (Å²) in [4.78, 5) is 19.7. The second-order valence-electron chi connectivity index (χ2n) is 3.81. The highest BCUT2D eigenvalue weighted by molar-refractivity contribution is 8.00. The molecule has 0 radical (unpaired) electrons. The lowest BCUT2D eigenvalue weighted by Gasteiger charge is -2.31. The molecule has 1 aliphatic heterocycles. The van der Waals surface area contributed by atoms with Gasteiger partial charge in [-0.15, -0.1) is 0 Å².